The van der Waals surface area contributed by atoms with E-state index in [1.165, 1.54) is 7.11 Å². The van der Waals surface area contributed by atoms with Crippen molar-refractivity contribution in [3.63, 3.8) is 0 Å². The van der Waals surface area contributed by atoms with E-state index >= 15 is 0 Å². The molecule has 1 heterocycles. The fraction of sp³-hybridized carbons (Fsp3) is 0.182. The van der Waals surface area contributed by atoms with Crippen molar-refractivity contribution in [3.8, 4) is 0 Å². The van der Waals surface area contributed by atoms with Crippen LogP contribution in [-0.4, -0.2) is 23.0 Å². The van der Waals surface area contributed by atoms with Crippen LogP contribution in [0.4, 0.5) is 0 Å². The Balaban J connectivity index is 2.49. The number of nitrogens with zero attached hydrogens (tertiary/aromatic N) is 2. The Morgan fingerprint density at radius 2 is 2.18 bits per heavy atom. The van der Waals surface area contributed by atoms with Gasteiger partial charge in [0.25, 0.3) is 0 Å². The van der Waals surface area contributed by atoms with Crippen molar-refractivity contribution in [3.05, 3.63) is 33.5 Å². The maximum atomic E-state index is 11.2. The largest absolute Gasteiger partial charge is 0.469 e. The second kappa shape index (κ2) is 4.98. The number of ether oxygens (including phenoxy) is 1. The van der Waals surface area contributed by atoms with Gasteiger partial charge in [-0.15, -0.1) is 0 Å². The molecule has 4 nitrogen and oxygen atoms in total. The molecule has 0 aliphatic heterocycles. The number of esters is 1. The Kier molecular flexibility index (Phi) is 3.59. The number of benzene rings is 1. The van der Waals surface area contributed by atoms with Crippen LogP contribution in [0.1, 0.15) is 5.69 Å². The van der Waals surface area contributed by atoms with Crippen LogP contribution in [0.2, 0.25) is 5.15 Å². The molecule has 0 aliphatic rings. The lowest BCUT2D eigenvalue weighted by molar-refractivity contribution is -0.139. The number of hydrogen-bond acceptors (Lipinski definition) is 4. The Hall–Kier alpha value is -1.20. The lowest BCUT2D eigenvalue weighted by atomic mass is 10.2. The van der Waals surface area contributed by atoms with E-state index in [2.05, 4.69) is 30.6 Å². The van der Waals surface area contributed by atoms with Crippen molar-refractivity contribution in [1.29, 1.82) is 0 Å². The van der Waals surface area contributed by atoms with E-state index in [0.717, 1.165) is 4.47 Å². The van der Waals surface area contributed by atoms with Gasteiger partial charge in [0.15, 0.2) is 5.15 Å². The normalized spacial score (nSPS) is 10.5. The number of carbonyl (C=O) groups excluding carboxylic acids is 1. The molecule has 0 amide bonds. The minimum absolute atomic E-state index is 0.0186. The van der Waals surface area contributed by atoms with Gasteiger partial charge in [0.1, 0.15) is 0 Å². The summed E-state index contributed by atoms with van der Waals surface area (Å²) in [5.41, 5.74) is 1.79. The lowest BCUT2D eigenvalue weighted by Crippen LogP contribution is -2.07. The molecule has 0 fully saturated rings. The molecule has 0 aliphatic carbocycles. The van der Waals surface area contributed by atoms with Gasteiger partial charge in [0.2, 0.25) is 0 Å². The highest BCUT2D eigenvalue weighted by Gasteiger charge is 2.11. The highest BCUT2D eigenvalue weighted by atomic mass is 79.9. The first-order valence-corrected chi connectivity index (χ1v) is 5.95. The predicted molar refractivity (Wildman–Crippen MR) is 68.0 cm³/mol. The molecule has 6 heteroatoms. The Morgan fingerprint density at radius 3 is 2.88 bits per heavy atom. The first-order chi connectivity index (χ1) is 8.10. The second-order valence-corrected chi connectivity index (χ2v) is 4.62. The third-order valence-corrected chi connectivity index (χ3v) is 2.98. The molecule has 0 N–H and O–H groups in total. The summed E-state index contributed by atoms with van der Waals surface area (Å²) in [6, 6.07) is 5.48. The number of fused-ring (bicyclic) bond motifs is 1. The molecule has 0 spiro atoms. The molecule has 0 bridgehead atoms. The van der Waals surface area contributed by atoms with E-state index in [9.17, 15) is 4.79 Å². The molecule has 1 aromatic heterocycles. The van der Waals surface area contributed by atoms with Crippen molar-refractivity contribution in [2.75, 3.05) is 7.11 Å². The third-order valence-electron chi connectivity index (χ3n) is 2.19. The average Bonchev–Trinajstić information content (AvgIpc) is 2.30. The van der Waals surface area contributed by atoms with E-state index in [4.69, 9.17) is 11.6 Å². The Labute approximate surface area is 111 Å². The van der Waals surface area contributed by atoms with Crippen LogP contribution < -0.4 is 0 Å². The molecule has 1 aromatic carbocycles. The van der Waals surface area contributed by atoms with Crippen LogP contribution in [0.3, 0.4) is 0 Å². The molecule has 2 aromatic rings. The van der Waals surface area contributed by atoms with Gasteiger partial charge in [-0.1, -0.05) is 27.5 Å². The van der Waals surface area contributed by atoms with Crippen LogP contribution in [0, 0.1) is 0 Å². The molecule has 0 atom stereocenters. The Bertz CT molecular complexity index is 589. The third kappa shape index (κ3) is 2.73. The lowest BCUT2D eigenvalue weighted by Gasteiger charge is -2.04. The summed E-state index contributed by atoms with van der Waals surface area (Å²) in [6.07, 6.45) is 0.0186. The minimum Gasteiger partial charge on any atom is -0.469 e. The maximum Gasteiger partial charge on any atom is 0.311 e. The van der Waals surface area contributed by atoms with Crippen LogP contribution >= 0.6 is 27.5 Å². The van der Waals surface area contributed by atoms with Crippen molar-refractivity contribution in [2.24, 2.45) is 0 Å². The number of rotatable bonds is 2. The molecule has 0 saturated carbocycles. The summed E-state index contributed by atoms with van der Waals surface area (Å²) in [5.74, 6) is -0.393. The van der Waals surface area contributed by atoms with Gasteiger partial charge in [-0.25, -0.2) is 9.97 Å². The zero-order chi connectivity index (χ0) is 12.4. The quantitative estimate of drug-likeness (QED) is 0.800. The van der Waals surface area contributed by atoms with E-state index in [0.29, 0.717) is 16.7 Å². The molecule has 17 heavy (non-hydrogen) atoms. The first-order valence-electron chi connectivity index (χ1n) is 4.78. The number of carbonyl (C=O) groups is 1. The summed E-state index contributed by atoms with van der Waals surface area (Å²) >= 11 is 9.30. The molecule has 2 rings (SSSR count). The van der Waals surface area contributed by atoms with E-state index in [1.807, 2.05) is 12.1 Å². The summed E-state index contributed by atoms with van der Waals surface area (Å²) in [7, 11) is 1.32. The molecular weight excluding hydrogens is 307 g/mol. The molecule has 0 radical (unpaired) electrons. The summed E-state index contributed by atoms with van der Waals surface area (Å²) in [5, 5.41) is 0.227. The zero-order valence-electron chi connectivity index (χ0n) is 8.91. The molecule has 88 valence electrons. The monoisotopic (exact) mass is 314 g/mol. The van der Waals surface area contributed by atoms with Crippen LogP contribution in [0.15, 0.2) is 22.7 Å². The summed E-state index contributed by atoms with van der Waals surface area (Å²) in [4.78, 5) is 19.7. The maximum absolute atomic E-state index is 11.2. The molecule has 0 saturated heterocycles. The fourth-order valence-corrected chi connectivity index (χ4v) is 1.91. The highest BCUT2D eigenvalue weighted by molar-refractivity contribution is 9.10. The number of halogens is 2. The number of methoxy groups -OCH3 is 1. The SMILES string of the molecule is COC(=O)Cc1nc2cc(Br)ccc2nc1Cl. The van der Waals surface area contributed by atoms with Crippen LogP contribution in [0.25, 0.3) is 11.0 Å². The van der Waals surface area contributed by atoms with Gasteiger partial charge in [0, 0.05) is 4.47 Å². The van der Waals surface area contributed by atoms with E-state index in [-0.39, 0.29) is 11.6 Å². The number of hydrogen-bond donors (Lipinski definition) is 0. The zero-order valence-corrected chi connectivity index (χ0v) is 11.2. The van der Waals surface area contributed by atoms with Crippen LogP contribution in [-0.2, 0) is 16.0 Å². The average molecular weight is 316 g/mol. The van der Waals surface area contributed by atoms with Gasteiger partial charge in [0.05, 0.1) is 30.3 Å². The fourth-order valence-electron chi connectivity index (χ4n) is 1.36. The Morgan fingerprint density at radius 1 is 1.41 bits per heavy atom. The van der Waals surface area contributed by atoms with Gasteiger partial charge in [-0.2, -0.15) is 0 Å². The predicted octanol–water partition coefficient (Wildman–Crippen LogP) is 2.76. The first kappa shape index (κ1) is 12.3. The van der Waals surface area contributed by atoms with Crippen molar-refractivity contribution in [2.45, 2.75) is 6.42 Å². The standard InChI is InChI=1S/C11H8BrClN2O2/c1-17-10(16)5-9-11(13)15-7-3-2-6(12)4-8(7)14-9/h2-4H,5H2,1H3. The van der Waals surface area contributed by atoms with E-state index in [1.54, 1.807) is 6.07 Å². The van der Waals surface area contributed by atoms with Gasteiger partial charge < -0.3 is 4.74 Å². The smallest absolute Gasteiger partial charge is 0.311 e. The molecular formula is C11H8BrClN2O2. The van der Waals surface area contributed by atoms with Gasteiger partial charge >= 0.3 is 5.97 Å². The molecule has 0 unspecified atom stereocenters. The second-order valence-electron chi connectivity index (χ2n) is 3.35. The highest BCUT2D eigenvalue weighted by Crippen LogP contribution is 2.21. The van der Waals surface area contributed by atoms with Gasteiger partial charge in [-0.05, 0) is 18.2 Å². The number of aromatic nitrogens is 2. The summed E-state index contributed by atoms with van der Waals surface area (Å²) in [6.45, 7) is 0. The topological polar surface area (TPSA) is 52.1 Å². The minimum atomic E-state index is -0.393. The van der Waals surface area contributed by atoms with E-state index < -0.39 is 5.97 Å². The van der Waals surface area contributed by atoms with Crippen LogP contribution in [0.5, 0.6) is 0 Å². The summed E-state index contributed by atoms with van der Waals surface area (Å²) < 4.78 is 5.46. The van der Waals surface area contributed by atoms with Crippen molar-refractivity contribution < 1.29 is 9.53 Å². The van der Waals surface area contributed by atoms with Crippen molar-refractivity contribution in [1.82, 2.24) is 9.97 Å². The van der Waals surface area contributed by atoms with Gasteiger partial charge in [-0.3, -0.25) is 4.79 Å². The van der Waals surface area contributed by atoms with Crippen molar-refractivity contribution >= 4 is 44.5 Å².